The number of benzene rings is 3. The molecule has 21 nitrogen and oxygen atoms in total. The number of rotatable bonds is 11. The lowest BCUT2D eigenvalue weighted by Gasteiger charge is -2.46. The van der Waals surface area contributed by atoms with E-state index in [-0.39, 0.29) is 34.2 Å². The molecule has 0 spiro atoms. The van der Waals surface area contributed by atoms with Crippen LogP contribution in [0.15, 0.2) is 76.0 Å². The summed E-state index contributed by atoms with van der Waals surface area (Å²) in [4.78, 5) is 27.2. The molecule has 0 amide bonds. The summed E-state index contributed by atoms with van der Waals surface area (Å²) in [6.07, 6.45) is -23.7. The van der Waals surface area contributed by atoms with E-state index in [1.165, 1.54) is 61.5 Å². The Labute approximate surface area is 356 Å². The Bertz CT molecular complexity index is 2310. The van der Waals surface area contributed by atoms with E-state index in [9.17, 15) is 70.9 Å². The van der Waals surface area contributed by atoms with E-state index in [2.05, 4.69) is 0 Å². The highest BCUT2D eigenvalue weighted by Crippen LogP contribution is 2.42. The highest BCUT2D eigenvalue weighted by atomic mass is 16.7. The van der Waals surface area contributed by atoms with Gasteiger partial charge < -0.3 is 94.1 Å². The minimum Gasteiger partial charge on any atom is -0.508 e. The number of aliphatic hydroxyl groups excluding tert-OH is 9. The van der Waals surface area contributed by atoms with Gasteiger partial charge in [0, 0.05) is 23.8 Å². The number of carbonyl (C=O) groups excluding carboxylic acids is 1. The van der Waals surface area contributed by atoms with Crippen LogP contribution in [0, 0.1) is 0 Å². The van der Waals surface area contributed by atoms with Crippen molar-refractivity contribution in [3.8, 4) is 34.3 Å². The third-order valence-corrected chi connectivity index (χ3v) is 11.0. The van der Waals surface area contributed by atoms with Crippen molar-refractivity contribution in [2.24, 2.45) is 0 Å². The minimum absolute atomic E-state index is 0.00966. The minimum atomic E-state index is -2.04. The van der Waals surface area contributed by atoms with Crippen LogP contribution < -0.4 is 10.2 Å². The number of aliphatic hydroxyl groups is 9. The molecule has 0 unspecified atom stereocenters. The topological polar surface area (TPSA) is 345 Å². The molecule has 1 aromatic heterocycles. The van der Waals surface area contributed by atoms with Crippen molar-refractivity contribution in [1.29, 1.82) is 0 Å². The number of fused-ring (bicyclic) bond motifs is 1. The molecule has 15 atom stereocenters. The van der Waals surface area contributed by atoms with Crippen molar-refractivity contribution in [1.82, 2.24) is 0 Å². The quantitative estimate of drug-likeness (QED) is 0.0595. The van der Waals surface area contributed by atoms with Gasteiger partial charge in [0.25, 0.3) is 0 Å². The molecule has 4 aromatic rings. The maximum Gasteiger partial charge on any atom is 0.330 e. The van der Waals surface area contributed by atoms with Crippen LogP contribution in [0.3, 0.4) is 0 Å². The van der Waals surface area contributed by atoms with Crippen LogP contribution in [-0.2, 0) is 28.5 Å². The first-order valence-electron chi connectivity index (χ1n) is 19.6. The Morgan fingerprint density at radius 3 is 1.97 bits per heavy atom. The Hall–Kier alpha value is -5.24. The predicted octanol–water partition coefficient (Wildman–Crippen LogP) is -1.61. The van der Waals surface area contributed by atoms with Gasteiger partial charge >= 0.3 is 5.97 Å². The molecular weight excluding hydrogens is 840 g/mol. The standard InChI is InChI=1S/C42H46O21/c1-16-29(48)35(54)40(63-42-37(56)34(53)31(50)25(62-42)15-57-26(47)11-4-17-2-7-19(44)8-3-17)39(58-16)28-32(51)27-22(46)12-21(59-41-36(55)33(52)30(49)24(14-43)61-41)13-23(27)60-38(28)18-5-9-20(45)10-6-18/h2-13,16,24-25,29-31,33-37,39-46,48-50,52-56H,14-15H2,1H3/b11-4+/t16-,24+,25+,29-,30+,31+,33-,34-,35+,36+,37+,39-,40+,41+,42-/m0/s1. The average Bonchev–Trinajstić information content (AvgIpc) is 3.26. The van der Waals surface area contributed by atoms with Gasteiger partial charge in [-0.25, -0.2) is 4.79 Å². The molecule has 0 aliphatic carbocycles. The predicted molar refractivity (Wildman–Crippen MR) is 211 cm³/mol. The Morgan fingerprint density at radius 2 is 1.32 bits per heavy atom. The van der Waals surface area contributed by atoms with Crippen LogP contribution in [0.4, 0.5) is 0 Å². The lowest BCUT2D eigenvalue weighted by Crippen LogP contribution is -2.62. The normalized spacial score (nSPS) is 33.7. The molecule has 7 rings (SSSR count). The van der Waals surface area contributed by atoms with Gasteiger partial charge in [-0.05, 0) is 55.0 Å². The molecule has 12 N–H and O–H groups in total. The van der Waals surface area contributed by atoms with Crippen molar-refractivity contribution < 1.29 is 98.9 Å². The fraction of sp³-hybridized carbons (Fsp3) is 0.429. The van der Waals surface area contributed by atoms with E-state index in [0.29, 0.717) is 5.56 Å². The number of hydrogen-bond donors (Lipinski definition) is 12. The molecule has 3 aliphatic heterocycles. The molecule has 4 heterocycles. The fourth-order valence-electron chi connectivity index (χ4n) is 7.45. The lowest BCUT2D eigenvalue weighted by molar-refractivity contribution is -0.341. The number of aromatic hydroxyl groups is 3. The number of ether oxygens (including phenoxy) is 6. The van der Waals surface area contributed by atoms with Crippen LogP contribution in [0.25, 0.3) is 28.4 Å². The number of esters is 1. The zero-order chi connectivity index (χ0) is 45.4. The zero-order valence-electron chi connectivity index (χ0n) is 33.0. The van der Waals surface area contributed by atoms with E-state index in [1.807, 2.05) is 0 Å². The monoisotopic (exact) mass is 886 g/mol. The molecule has 0 saturated carbocycles. The van der Waals surface area contributed by atoms with Crippen molar-refractivity contribution in [3.63, 3.8) is 0 Å². The summed E-state index contributed by atoms with van der Waals surface area (Å²) in [6, 6.07) is 13.1. The van der Waals surface area contributed by atoms with Crippen molar-refractivity contribution in [2.75, 3.05) is 13.2 Å². The Balaban J connectivity index is 1.22. The number of hydrogen-bond acceptors (Lipinski definition) is 21. The summed E-state index contributed by atoms with van der Waals surface area (Å²) in [5.41, 5.74) is -1.10. The molecule has 0 bridgehead atoms. The SMILES string of the molecule is C[C@@H]1O[C@@H](c2c(-c3ccc(O)cc3)oc3cc(O[C@@H]4O[C@H](CO)[C@@H](O)[C@H](O)[C@H]4O)cc(O)c3c2=O)[C@H](O[C@@H]2O[C@H](COC(=O)/C=C/c3ccc(O)cc3)[C@@H](O)[C@H](O)[C@H]2O)[C@H](O)[C@H]1O. The zero-order valence-corrected chi connectivity index (χ0v) is 33.0. The summed E-state index contributed by atoms with van der Waals surface area (Å²) in [5, 5.41) is 126. The van der Waals surface area contributed by atoms with Crippen LogP contribution in [-0.4, -0.2) is 166 Å². The van der Waals surface area contributed by atoms with Crippen LogP contribution in [0.1, 0.15) is 24.2 Å². The van der Waals surface area contributed by atoms with Crippen LogP contribution in [0.5, 0.6) is 23.0 Å². The van der Waals surface area contributed by atoms with Gasteiger partial charge in [0.05, 0.1) is 18.3 Å². The third-order valence-electron chi connectivity index (χ3n) is 11.0. The van der Waals surface area contributed by atoms with E-state index in [1.54, 1.807) is 0 Å². The van der Waals surface area contributed by atoms with Crippen molar-refractivity contribution >= 4 is 23.0 Å². The first kappa shape index (κ1) is 45.8. The summed E-state index contributed by atoms with van der Waals surface area (Å²) >= 11 is 0. The number of phenolic OH excluding ortho intramolecular Hbond substituents is 3. The molecule has 340 valence electrons. The van der Waals surface area contributed by atoms with Gasteiger partial charge in [0.1, 0.15) is 120 Å². The van der Waals surface area contributed by atoms with E-state index in [0.717, 1.165) is 18.2 Å². The number of phenols is 3. The lowest BCUT2D eigenvalue weighted by atomic mass is 9.88. The molecule has 0 radical (unpaired) electrons. The maximum atomic E-state index is 14.7. The summed E-state index contributed by atoms with van der Waals surface area (Å²) in [6.45, 7) is -0.0740. The maximum absolute atomic E-state index is 14.7. The first-order valence-corrected chi connectivity index (χ1v) is 19.6. The van der Waals surface area contributed by atoms with Gasteiger partial charge in [-0.1, -0.05) is 12.1 Å². The second-order valence-electron chi connectivity index (χ2n) is 15.3. The van der Waals surface area contributed by atoms with E-state index < -0.39 is 133 Å². The molecule has 21 heteroatoms. The number of carbonyl (C=O) groups is 1. The Morgan fingerprint density at radius 1 is 0.714 bits per heavy atom. The molecule has 3 fully saturated rings. The van der Waals surface area contributed by atoms with Gasteiger partial charge in [-0.2, -0.15) is 0 Å². The molecule has 3 aliphatic rings. The largest absolute Gasteiger partial charge is 0.508 e. The summed E-state index contributed by atoms with van der Waals surface area (Å²) in [7, 11) is 0. The van der Waals surface area contributed by atoms with E-state index in [4.69, 9.17) is 32.8 Å². The van der Waals surface area contributed by atoms with Crippen molar-refractivity contribution in [2.45, 2.75) is 98.9 Å². The van der Waals surface area contributed by atoms with E-state index >= 15 is 0 Å². The van der Waals surface area contributed by atoms with Crippen LogP contribution >= 0.6 is 0 Å². The van der Waals surface area contributed by atoms with Gasteiger partial charge in [0.15, 0.2) is 6.29 Å². The highest BCUT2D eigenvalue weighted by molar-refractivity contribution is 5.88. The molecule has 63 heavy (non-hydrogen) atoms. The molecular formula is C42H46O21. The Kier molecular flexibility index (Phi) is 13.7. The summed E-state index contributed by atoms with van der Waals surface area (Å²) < 4.78 is 40.4. The van der Waals surface area contributed by atoms with Gasteiger partial charge in [-0.15, -0.1) is 0 Å². The first-order chi connectivity index (χ1) is 30.0. The van der Waals surface area contributed by atoms with Crippen LogP contribution in [0.2, 0.25) is 0 Å². The fourth-order valence-corrected chi connectivity index (χ4v) is 7.45. The smallest absolute Gasteiger partial charge is 0.330 e. The summed E-state index contributed by atoms with van der Waals surface area (Å²) in [5.74, 6) is -2.41. The van der Waals surface area contributed by atoms with Gasteiger partial charge in [-0.3, -0.25) is 4.79 Å². The third kappa shape index (κ3) is 9.37. The van der Waals surface area contributed by atoms with Crippen molar-refractivity contribution in [3.05, 3.63) is 88.1 Å². The second kappa shape index (κ2) is 18.8. The molecule has 3 aromatic carbocycles. The van der Waals surface area contributed by atoms with Gasteiger partial charge in [0.2, 0.25) is 11.7 Å². The molecule has 3 saturated heterocycles. The highest BCUT2D eigenvalue weighted by Gasteiger charge is 2.52. The second-order valence-corrected chi connectivity index (χ2v) is 15.3. The average molecular weight is 887 g/mol.